The monoisotopic (exact) mass is 283 g/mol. The first-order chi connectivity index (χ1) is 9.60. The Morgan fingerprint density at radius 2 is 1.85 bits per heavy atom. The third-order valence-corrected chi connectivity index (χ3v) is 2.76. The molecule has 0 spiro atoms. The molecule has 0 radical (unpaired) electrons. The molecule has 7 nitrogen and oxygen atoms in total. The van der Waals surface area contributed by atoms with Gasteiger partial charge in [0.05, 0.1) is 18.9 Å². The predicted octanol–water partition coefficient (Wildman–Crippen LogP) is 1.50. The number of carbonyl (C=O) groups excluding carboxylic acids is 2. The lowest BCUT2D eigenvalue weighted by atomic mass is 10.2. The normalized spacial score (nSPS) is 10.3. The van der Waals surface area contributed by atoms with Gasteiger partial charge < -0.3 is 9.47 Å². The molecule has 7 heteroatoms. The van der Waals surface area contributed by atoms with Crippen LogP contribution in [0.4, 0.5) is 0 Å². The number of esters is 2. The van der Waals surface area contributed by atoms with Gasteiger partial charge in [0.25, 0.3) is 0 Å². The van der Waals surface area contributed by atoms with Crippen molar-refractivity contribution in [1.29, 1.82) is 0 Å². The highest BCUT2D eigenvalue weighted by molar-refractivity contribution is 5.88. The Kier molecular flexibility index (Phi) is 6.69. The van der Waals surface area contributed by atoms with Gasteiger partial charge >= 0.3 is 11.9 Å². The number of ether oxygens (including phenoxy) is 2. The van der Waals surface area contributed by atoms with Crippen LogP contribution < -0.4 is 0 Å². The molecule has 0 aliphatic heterocycles. The highest BCUT2D eigenvalue weighted by Crippen LogP contribution is 2.08. The zero-order chi connectivity index (χ0) is 15.0. The molecule has 20 heavy (non-hydrogen) atoms. The van der Waals surface area contributed by atoms with E-state index in [1.165, 1.54) is 0 Å². The van der Waals surface area contributed by atoms with Crippen LogP contribution >= 0.6 is 0 Å². The summed E-state index contributed by atoms with van der Waals surface area (Å²) in [6.45, 7) is 6.63. The van der Waals surface area contributed by atoms with E-state index in [9.17, 15) is 9.59 Å². The SMILES string of the molecule is CCOC(=O)CCCCn1nnc(C(=O)OCC)c1C. The topological polar surface area (TPSA) is 83.3 Å². The van der Waals surface area contributed by atoms with Gasteiger partial charge in [0, 0.05) is 13.0 Å². The third-order valence-electron chi connectivity index (χ3n) is 2.76. The largest absolute Gasteiger partial charge is 0.466 e. The van der Waals surface area contributed by atoms with Gasteiger partial charge in [-0.1, -0.05) is 5.21 Å². The molecule has 1 aromatic heterocycles. The summed E-state index contributed by atoms with van der Waals surface area (Å²) in [6.07, 6.45) is 1.88. The van der Waals surface area contributed by atoms with E-state index < -0.39 is 5.97 Å². The molecule has 0 unspecified atom stereocenters. The standard InChI is InChI=1S/C13H21N3O4/c1-4-19-11(17)8-6-7-9-16-10(3)12(14-15-16)13(18)20-5-2/h4-9H2,1-3H3. The Morgan fingerprint density at radius 1 is 1.15 bits per heavy atom. The first-order valence-electron chi connectivity index (χ1n) is 6.83. The molecule has 0 atom stereocenters. The van der Waals surface area contributed by atoms with E-state index in [0.29, 0.717) is 38.3 Å². The Hall–Kier alpha value is -1.92. The Balaban J connectivity index is 2.42. The van der Waals surface area contributed by atoms with Crippen molar-refractivity contribution in [3.05, 3.63) is 11.4 Å². The lowest BCUT2D eigenvalue weighted by Gasteiger charge is -2.04. The van der Waals surface area contributed by atoms with Crippen molar-refractivity contribution in [3.63, 3.8) is 0 Å². The van der Waals surface area contributed by atoms with Crippen LogP contribution in [0, 0.1) is 6.92 Å². The van der Waals surface area contributed by atoms with Gasteiger partial charge in [-0.3, -0.25) is 4.79 Å². The number of aryl methyl sites for hydroxylation is 1. The first-order valence-corrected chi connectivity index (χ1v) is 6.83. The molecule has 0 fully saturated rings. The zero-order valence-corrected chi connectivity index (χ0v) is 12.2. The van der Waals surface area contributed by atoms with Crippen molar-refractivity contribution in [2.24, 2.45) is 0 Å². The van der Waals surface area contributed by atoms with Gasteiger partial charge in [-0.2, -0.15) is 0 Å². The van der Waals surface area contributed by atoms with Crippen molar-refractivity contribution >= 4 is 11.9 Å². The quantitative estimate of drug-likeness (QED) is 0.531. The Labute approximate surface area is 118 Å². The van der Waals surface area contributed by atoms with E-state index in [0.717, 1.165) is 6.42 Å². The summed E-state index contributed by atoms with van der Waals surface area (Å²) >= 11 is 0. The van der Waals surface area contributed by atoms with Gasteiger partial charge in [-0.25, -0.2) is 9.48 Å². The maximum atomic E-state index is 11.6. The Bertz CT molecular complexity index is 456. The summed E-state index contributed by atoms with van der Waals surface area (Å²) in [5, 5.41) is 7.75. The molecule has 112 valence electrons. The van der Waals surface area contributed by atoms with Crippen LogP contribution in [0.3, 0.4) is 0 Å². The van der Waals surface area contributed by atoms with Crippen LogP contribution in [0.15, 0.2) is 0 Å². The van der Waals surface area contributed by atoms with Crippen LogP contribution in [-0.2, 0) is 20.8 Å². The van der Waals surface area contributed by atoms with Gasteiger partial charge in [-0.05, 0) is 33.6 Å². The smallest absolute Gasteiger partial charge is 0.360 e. The van der Waals surface area contributed by atoms with Crippen LogP contribution in [0.2, 0.25) is 0 Å². The molecule has 0 aromatic carbocycles. The molecule has 0 amide bonds. The fourth-order valence-corrected chi connectivity index (χ4v) is 1.72. The molecular formula is C13H21N3O4. The minimum Gasteiger partial charge on any atom is -0.466 e. The molecule has 1 heterocycles. The molecule has 1 rings (SSSR count). The number of nitrogens with zero attached hydrogens (tertiary/aromatic N) is 3. The van der Waals surface area contributed by atoms with Crippen LogP contribution in [-0.4, -0.2) is 40.1 Å². The summed E-state index contributed by atoms with van der Waals surface area (Å²) in [7, 11) is 0. The molecule has 0 bridgehead atoms. The molecule has 0 saturated heterocycles. The van der Waals surface area contributed by atoms with E-state index in [-0.39, 0.29) is 11.7 Å². The molecule has 0 saturated carbocycles. The average Bonchev–Trinajstić information content (AvgIpc) is 2.77. The predicted molar refractivity (Wildman–Crippen MR) is 71.2 cm³/mol. The fourth-order valence-electron chi connectivity index (χ4n) is 1.72. The number of carbonyl (C=O) groups is 2. The summed E-state index contributed by atoms with van der Waals surface area (Å²) in [5.41, 5.74) is 0.928. The third kappa shape index (κ3) is 4.64. The number of aromatic nitrogens is 3. The minimum atomic E-state index is -0.456. The molecule has 0 aliphatic carbocycles. The average molecular weight is 283 g/mol. The van der Waals surface area contributed by atoms with Crippen LogP contribution in [0.1, 0.15) is 49.3 Å². The minimum absolute atomic E-state index is 0.185. The highest BCUT2D eigenvalue weighted by Gasteiger charge is 2.17. The van der Waals surface area contributed by atoms with Gasteiger partial charge in [-0.15, -0.1) is 5.10 Å². The van der Waals surface area contributed by atoms with Gasteiger partial charge in [0.15, 0.2) is 5.69 Å². The van der Waals surface area contributed by atoms with Crippen molar-refractivity contribution in [2.45, 2.75) is 46.6 Å². The first kappa shape index (κ1) is 16.1. The highest BCUT2D eigenvalue weighted by atomic mass is 16.5. The number of rotatable bonds is 8. The number of hydrogen-bond donors (Lipinski definition) is 0. The second kappa shape index (κ2) is 8.29. The molecule has 0 aliphatic rings. The van der Waals surface area contributed by atoms with E-state index in [1.54, 1.807) is 25.5 Å². The summed E-state index contributed by atoms with van der Waals surface area (Å²) < 4.78 is 11.4. The van der Waals surface area contributed by atoms with E-state index >= 15 is 0 Å². The van der Waals surface area contributed by atoms with Crippen LogP contribution in [0.25, 0.3) is 0 Å². The van der Waals surface area contributed by atoms with Crippen molar-refractivity contribution in [3.8, 4) is 0 Å². The summed E-state index contributed by atoms with van der Waals surface area (Å²) in [4.78, 5) is 22.7. The fraction of sp³-hybridized carbons (Fsp3) is 0.692. The van der Waals surface area contributed by atoms with Gasteiger partial charge in [0.2, 0.25) is 0 Å². The molecule has 1 aromatic rings. The summed E-state index contributed by atoms with van der Waals surface area (Å²) in [6, 6.07) is 0. The van der Waals surface area contributed by atoms with E-state index in [4.69, 9.17) is 9.47 Å². The van der Waals surface area contributed by atoms with Crippen molar-refractivity contribution in [2.75, 3.05) is 13.2 Å². The van der Waals surface area contributed by atoms with Crippen molar-refractivity contribution < 1.29 is 19.1 Å². The summed E-state index contributed by atoms with van der Waals surface area (Å²) in [5.74, 6) is -0.641. The second-order valence-corrected chi connectivity index (χ2v) is 4.23. The Morgan fingerprint density at radius 3 is 2.50 bits per heavy atom. The lowest BCUT2D eigenvalue weighted by molar-refractivity contribution is -0.143. The maximum absolute atomic E-state index is 11.6. The maximum Gasteiger partial charge on any atom is 0.360 e. The number of hydrogen-bond acceptors (Lipinski definition) is 6. The lowest BCUT2D eigenvalue weighted by Crippen LogP contribution is -2.09. The molecule has 0 N–H and O–H groups in total. The number of unbranched alkanes of at least 4 members (excludes halogenated alkanes) is 1. The van der Waals surface area contributed by atoms with E-state index in [2.05, 4.69) is 10.3 Å². The van der Waals surface area contributed by atoms with Gasteiger partial charge in [0.1, 0.15) is 0 Å². The molecular weight excluding hydrogens is 262 g/mol. The zero-order valence-electron chi connectivity index (χ0n) is 12.2. The second-order valence-electron chi connectivity index (χ2n) is 4.23. The van der Waals surface area contributed by atoms with Crippen LogP contribution in [0.5, 0.6) is 0 Å². The van der Waals surface area contributed by atoms with Crippen molar-refractivity contribution in [1.82, 2.24) is 15.0 Å². The van der Waals surface area contributed by atoms with E-state index in [1.807, 2.05) is 0 Å².